The molecule has 132 valence electrons. The van der Waals surface area contributed by atoms with Gasteiger partial charge in [-0.3, -0.25) is 9.59 Å². The Hall–Kier alpha value is -2.57. The van der Waals surface area contributed by atoms with Crippen LogP contribution in [0.15, 0.2) is 30.3 Å². The normalized spacial score (nSPS) is 12.0. The summed E-state index contributed by atoms with van der Waals surface area (Å²) in [5, 5.41) is 4.80. The van der Waals surface area contributed by atoms with Crippen molar-refractivity contribution in [2.45, 2.75) is 45.9 Å². The summed E-state index contributed by atoms with van der Waals surface area (Å²) >= 11 is 0. The van der Waals surface area contributed by atoms with Gasteiger partial charge in [0.1, 0.15) is 24.8 Å². The van der Waals surface area contributed by atoms with E-state index in [9.17, 15) is 14.4 Å². The Bertz CT molecular complexity index is 566. The van der Waals surface area contributed by atoms with Gasteiger partial charge >= 0.3 is 12.1 Å². The van der Waals surface area contributed by atoms with E-state index in [1.807, 2.05) is 30.3 Å². The van der Waals surface area contributed by atoms with Gasteiger partial charge in [-0.05, 0) is 33.3 Å². The van der Waals surface area contributed by atoms with E-state index in [0.29, 0.717) is 0 Å². The number of esters is 1. The molecule has 1 aromatic carbocycles. The minimum atomic E-state index is -0.832. The van der Waals surface area contributed by atoms with Crippen LogP contribution in [0.3, 0.4) is 0 Å². The third-order valence-corrected chi connectivity index (χ3v) is 2.78. The lowest BCUT2D eigenvalue weighted by Gasteiger charge is -2.21. The molecule has 7 heteroatoms. The topological polar surface area (TPSA) is 93.7 Å². The molecule has 1 rings (SSSR count). The summed E-state index contributed by atoms with van der Waals surface area (Å²) in [5.41, 5.74) is 0.207. The van der Waals surface area contributed by atoms with Gasteiger partial charge in [-0.25, -0.2) is 4.79 Å². The molecule has 2 N–H and O–H groups in total. The highest BCUT2D eigenvalue weighted by Gasteiger charge is 2.21. The third kappa shape index (κ3) is 8.17. The molecule has 0 spiro atoms. The van der Waals surface area contributed by atoms with E-state index < -0.39 is 29.6 Å². The van der Waals surface area contributed by atoms with Crippen LogP contribution in [0.25, 0.3) is 0 Å². The maximum Gasteiger partial charge on any atom is 0.408 e. The molecule has 0 saturated heterocycles. The number of alkyl carbamates (subject to hydrolysis) is 1. The number of amides is 2. The molecule has 24 heavy (non-hydrogen) atoms. The highest BCUT2D eigenvalue weighted by Crippen LogP contribution is 2.06. The maximum absolute atomic E-state index is 11.8. The van der Waals surface area contributed by atoms with Crippen molar-refractivity contribution >= 4 is 18.0 Å². The number of carbonyl (C=O) groups is 3. The highest BCUT2D eigenvalue weighted by atomic mass is 16.6. The second-order valence-electron chi connectivity index (χ2n) is 6.23. The Morgan fingerprint density at radius 2 is 1.75 bits per heavy atom. The van der Waals surface area contributed by atoms with E-state index in [1.54, 1.807) is 20.8 Å². The molecular formula is C17H24N2O5. The van der Waals surface area contributed by atoms with Gasteiger partial charge in [-0.1, -0.05) is 30.3 Å². The van der Waals surface area contributed by atoms with Crippen LogP contribution in [0.5, 0.6) is 0 Å². The fourth-order valence-corrected chi connectivity index (χ4v) is 1.65. The molecule has 0 saturated carbocycles. The van der Waals surface area contributed by atoms with Crippen LogP contribution in [-0.2, 0) is 25.7 Å². The van der Waals surface area contributed by atoms with E-state index in [4.69, 9.17) is 9.47 Å². The van der Waals surface area contributed by atoms with Crippen molar-refractivity contribution in [1.29, 1.82) is 0 Å². The van der Waals surface area contributed by atoms with Gasteiger partial charge in [-0.15, -0.1) is 0 Å². The van der Waals surface area contributed by atoms with Crippen LogP contribution in [0, 0.1) is 0 Å². The molecule has 0 aromatic heterocycles. The van der Waals surface area contributed by atoms with Crippen molar-refractivity contribution in [3.8, 4) is 0 Å². The average molecular weight is 336 g/mol. The fourth-order valence-electron chi connectivity index (χ4n) is 1.65. The predicted molar refractivity (Wildman–Crippen MR) is 88.1 cm³/mol. The quantitative estimate of drug-likeness (QED) is 0.772. The first-order valence-electron chi connectivity index (χ1n) is 7.64. The van der Waals surface area contributed by atoms with Gasteiger partial charge in [0, 0.05) is 0 Å². The standard InChI is InChI=1S/C17H24N2O5/c1-12(19-16(22)24-17(2,3)4)15(21)18-10-14(20)23-11-13-8-6-5-7-9-13/h5-9,12H,10-11H2,1-4H3,(H,18,21)(H,19,22)/t12-/m0/s1. The van der Waals surface area contributed by atoms with E-state index in [-0.39, 0.29) is 13.2 Å². The molecule has 0 fully saturated rings. The van der Waals surface area contributed by atoms with Gasteiger partial charge < -0.3 is 20.1 Å². The average Bonchev–Trinajstić information content (AvgIpc) is 2.49. The first-order chi connectivity index (χ1) is 11.2. The lowest BCUT2D eigenvalue weighted by atomic mass is 10.2. The van der Waals surface area contributed by atoms with E-state index in [0.717, 1.165) is 5.56 Å². The lowest BCUT2D eigenvalue weighted by Crippen LogP contribution is -2.47. The number of rotatable bonds is 6. The molecule has 0 aliphatic carbocycles. The molecule has 1 atom stereocenters. The fraction of sp³-hybridized carbons (Fsp3) is 0.471. The third-order valence-electron chi connectivity index (χ3n) is 2.78. The van der Waals surface area contributed by atoms with E-state index >= 15 is 0 Å². The number of ether oxygens (including phenoxy) is 2. The first-order valence-corrected chi connectivity index (χ1v) is 7.64. The predicted octanol–water partition coefficient (Wildman–Crippen LogP) is 1.76. The van der Waals surface area contributed by atoms with Crippen molar-refractivity contribution in [2.24, 2.45) is 0 Å². The Kier molecular flexibility index (Phi) is 7.23. The van der Waals surface area contributed by atoms with Crippen molar-refractivity contribution in [1.82, 2.24) is 10.6 Å². The molecule has 0 unspecified atom stereocenters. The summed E-state index contributed by atoms with van der Waals surface area (Å²) in [7, 11) is 0. The van der Waals surface area contributed by atoms with Crippen molar-refractivity contribution < 1.29 is 23.9 Å². The second kappa shape index (κ2) is 8.90. The Balaban J connectivity index is 2.29. The molecule has 7 nitrogen and oxygen atoms in total. The van der Waals surface area contributed by atoms with Gasteiger partial charge in [0.15, 0.2) is 0 Å². The second-order valence-corrected chi connectivity index (χ2v) is 6.23. The van der Waals surface area contributed by atoms with Crippen LogP contribution >= 0.6 is 0 Å². The summed E-state index contributed by atoms with van der Waals surface area (Å²) in [6.07, 6.45) is -0.697. The SMILES string of the molecule is C[C@H](NC(=O)OC(C)(C)C)C(=O)NCC(=O)OCc1ccccc1. The minimum absolute atomic E-state index is 0.140. The lowest BCUT2D eigenvalue weighted by molar-refractivity contribution is -0.145. The summed E-state index contributed by atoms with van der Waals surface area (Å²) in [6, 6.07) is 8.38. The molecule has 0 aliphatic heterocycles. The number of nitrogens with one attached hydrogen (secondary N) is 2. The molecule has 0 radical (unpaired) electrons. The minimum Gasteiger partial charge on any atom is -0.460 e. The van der Waals surface area contributed by atoms with Crippen LogP contribution in [0.4, 0.5) is 4.79 Å². The van der Waals surface area contributed by atoms with Crippen LogP contribution < -0.4 is 10.6 Å². The van der Waals surface area contributed by atoms with E-state index in [2.05, 4.69) is 10.6 Å². The zero-order valence-electron chi connectivity index (χ0n) is 14.4. The first kappa shape index (κ1) is 19.5. The Morgan fingerprint density at radius 1 is 1.12 bits per heavy atom. The van der Waals surface area contributed by atoms with Gasteiger partial charge in [0.05, 0.1) is 0 Å². The van der Waals surface area contributed by atoms with E-state index in [1.165, 1.54) is 6.92 Å². The molecule has 0 bridgehead atoms. The molecule has 0 aliphatic rings. The molecule has 0 heterocycles. The summed E-state index contributed by atoms with van der Waals surface area (Å²) < 4.78 is 10.1. The van der Waals surface area contributed by atoms with Crippen LogP contribution in [0.1, 0.15) is 33.3 Å². The van der Waals surface area contributed by atoms with Gasteiger partial charge in [0.2, 0.25) is 5.91 Å². The summed E-state index contributed by atoms with van der Waals surface area (Å²) in [6.45, 7) is 6.53. The summed E-state index contributed by atoms with van der Waals surface area (Å²) in [5.74, 6) is -1.06. The van der Waals surface area contributed by atoms with Gasteiger partial charge in [-0.2, -0.15) is 0 Å². The largest absolute Gasteiger partial charge is 0.460 e. The number of hydrogen-bond donors (Lipinski definition) is 2. The van der Waals surface area contributed by atoms with Crippen molar-refractivity contribution in [2.75, 3.05) is 6.54 Å². The zero-order valence-corrected chi connectivity index (χ0v) is 14.4. The number of benzene rings is 1. The van der Waals surface area contributed by atoms with Gasteiger partial charge in [0.25, 0.3) is 0 Å². The maximum atomic E-state index is 11.8. The number of carbonyl (C=O) groups excluding carboxylic acids is 3. The molecular weight excluding hydrogens is 312 g/mol. The molecule has 2 amide bonds. The zero-order chi connectivity index (χ0) is 18.2. The number of hydrogen-bond acceptors (Lipinski definition) is 5. The summed E-state index contributed by atoms with van der Waals surface area (Å²) in [4.78, 5) is 35.0. The Labute approximate surface area is 141 Å². The molecule has 1 aromatic rings. The highest BCUT2D eigenvalue weighted by molar-refractivity contribution is 5.87. The van der Waals surface area contributed by atoms with Crippen LogP contribution in [-0.4, -0.2) is 36.2 Å². The Morgan fingerprint density at radius 3 is 2.33 bits per heavy atom. The van der Waals surface area contributed by atoms with Crippen molar-refractivity contribution in [3.63, 3.8) is 0 Å². The van der Waals surface area contributed by atoms with Crippen molar-refractivity contribution in [3.05, 3.63) is 35.9 Å². The monoisotopic (exact) mass is 336 g/mol. The smallest absolute Gasteiger partial charge is 0.408 e. The van der Waals surface area contributed by atoms with Crippen LogP contribution in [0.2, 0.25) is 0 Å².